The molecule has 0 aromatic heterocycles. The maximum absolute atomic E-state index is 12.8. The topological polar surface area (TPSA) is 66.8 Å². The summed E-state index contributed by atoms with van der Waals surface area (Å²) in [5.41, 5.74) is 0. The van der Waals surface area contributed by atoms with Gasteiger partial charge in [0, 0.05) is 21.5 Å². The number of morpholine rings is 1. The Morgan fingerprint density at radius 2 is 2.15 bits per heavy atom. The van der Waals surface area contributed by atoms with Crippen LogP contribution in [0.1, 0.15) is 6.92 Å². The van der Waals surface area contributed by atoms with Gasteiger partial charge in [-0.3, -0.25) is 0 Å². The van der Waals surface area contributed by atoms with Crippen molar-refractivity contribution >= 4 is 41.9 Å². The van der Waals surface area contributed by atoms with E-state index in [0.717, 1.165) is 0 Å². The van der Waals surface area contributed by atoms with Crippen LogP contribution in [-0.4, -0.2) is 49.7 Å². The number of halogens is 2. The van der Waals surface area contributed by atoms with Crippen LogP contribution in [0.4, 0.5) is 0 Å². The molecule has 2 rings (SSSR count). The summed E-state index contributed by atoms with van der Waals surface area (Å²) in [7, 11) is -3.64. The van der Waals surface area contributed by atoms with Crippen LogP contribution in [0.3, 0.4) is 0 Å². The lowest BCUT2D eigenvalue weighted by Gasteiger charge is -2.36. The van der Waals surface area contributed by atoms with Gasteiger partial charge in [-0.2, -0.15) is 4.31 Å². The fourth-order valence-corrected chi connectivity index (χ4v) is 5.15. The van der Waals surface area contributed by atoms with Gasteiger partial charge in [0.05, 0.1) is 24.2 Å². The molecule has 1 N–H and O–H groups in total. The standard InChI is InChI=1S/C12H15Br2NO4S/c1-8-7-19-10(6-16)5-15(8)20(17,18)12-4-9(13)2-3-11(12)14/h2-4,8,10,16H,5-7H2,1H3. The zero-order chi connectivity index (χ0) is 14.9. The van der Waals surface area contributed by atoms with E-state index in [1.54, 1.807) is 25.1 Å². The molecule has 1 aromatic rings. The van der Waals surface area contributed by atoms with Crippen LogP contribution in [0.2, 0.25) is 0 Å². The SMILES string of the molecule is CC1COC(CO)CN1S(=O)(=O)c1cc(Br)ccc1Br. The molecule has 0 radical (unpaired) electrons. The van der Waals surface area contributed by atoms with Crippen LogP contribution in [0, 0.1) is 0 Å². The third-order valence-corrected chi connectivity index (χ3v) is 6.60. The number of ether oxygens (including phenoxy) is 1. The van der Waals surface area contributed by atoms with E-state index in [1.165, 1.54) is 4.31 Å². The smallest absolute Gasteiger partial charge is 0.244 e. The molecular weight excluding hydrogens is 414 g/mol. The monoisotopic (exact) mass is 427 g/mol. The Hall–Kier alpha value is 0.01000. The number of sulfonamides is 1. The van der Waals surface area contributed by atoms with E-state index < -0.39 is 16.1 Å². The summed E-state index contributed by atoms with van der Waals surface area (Å²) in [5, 5.41) is 9.17. The van der Waals surface area contributed by atoms with Crippen molar-refractivity contribution < 1.29 is 18.3 Å². The maximum atomic E-state index is 12.8. The molecule has 2 unspecified atom stereocenters. The summed E-state index contributed by atoms with van der Waals surface area (Å²) in [4.78, 5) is 0.206. The molecule has 1 fully saturated rings. The normalized spacial score (nSPS) is 24.8. The van der Waals surface area contributed by atoms with Crippen LogP contribution in [-0.2, 0) is 14.8 Å². The van der Waals surface area contributed by atoms with E-state index in [0.29, 0.717) is 8.95 Å². The third-order valence-electron chi connectivity index (χ3n) is 3.13. The van der Waals surface area contributed by atoms with Gasteiger partial charge in [0.1, 0.15) is 0 Å². The Labute approximate surface area is 135 Å². The molecule has 1 heterocycles. The summed E-state index contributed by atoms with van der Waals surface area (Å²) in [6, 6.07) is 4.75. The molecule has 1 aliphatic heterocycles. The highest BCUT2D eigenvalue weighted by Gasteiger charge is 2.36. The number of aliphatic hydroxyl groups excluding tert-OH is 1. The average Bonchev–Trinajstić information content (AvgIpc) is 2.41. The Morgan fingerprint density at radius 1 is 1.45 bits per heavy atom. The summed E-state index contributed by atoms with van der Waals surface area (Å²) in [5.74, 6) is 0. The van der Waals surface area contributed by atoms with Crippen molar-refractivity contribution in [1.29, 1.82) is 0 Å². The number of benzene rings is 1. The molecule has 5 nitrogen and oxygen atoms in total. The van der Waals surface area contributed by atoms with Gasteiger partial charge in [-0.05, 0) is 41.1 Å². The van der Waals surface area contributed by atoms with E-state index in [2.05, 4.69) is 31.9 Å². The maximum Gasteiger partial charge on any atom is 0.244 e. The second kappa shape index (κ2) is 6.41. The number of nitrogens with zero attached hydrogens (tertiary/aromatic N) is 1. The highest BCUT2D eigenvalue weighted by Crippen LogP contribution is 2.30. The fourth-order valence-electron chi connectivity index (χ4n) is 2.04. The van der Waals surface area contributed by atoms with Crippen molar-refractivity contribution in [1.82, 2.24) is 4.31 Å². The quantitative estimate of drug-likeness (QED) is 0.799. The van der Waals surface area contributed by atoms with E-state index in [9.17, 15) is 8.42 Å². The highest BCUT2D eigenvalue weighted by atomic mass is 79.9. The lowest BCUT2D eigenvalue weighted by atomic mass is 10.2. The number of hydrogen-bond donors (Lipinski definition) is 1. The van der Waals surface area contributed by atoms with Crippen molar-refractivity contribution in [2.24, 2.45) is 0 Å². The van der Waals surface area contributed by atoms with Crippen molar-refractivity contribution in [3.05, 3.63) is 27.1 Å². The van der Waals surface area contributed by atoms with Crippen LogP contribution in [0.15, 0.2) is 32.0 Å². The first kappa shape index (κ1) is 16.4. The lowest BCUT2D eigenvalue weighted by Crippen LogP contribution is -2.51. The number of hydrogen-bond acceptors (Lipinski definition) is 4. The summed E-state index contributed by atoms with van der Waals surface area (Å²) in [6.07, 6.45) is -0.480. The molecular formula is C12H15Br2NO4S. The molecule has 1 aromatic carbocycles. The molecule has 2 atom stereocenters. The Balaban J connectivity index is 2.40. The van der Waals surface area contributed by atoms with E-state index in [-0.39, 0.29) is 30.7 Å². The van der Waals surface area contributed by atoms with Crippen LogP contribution >= 0.6 is 31.9 Å². The first-order valence-corrected chi connectivity index (χ1v) is 9.08. The van der Waals surface area contributed by atoms with Crippen molar-refractivity contribution in [2.75, 3.05) is 19.8 Å². The Bertz CT molecular complexity index is 593. The zero-order valence-corrected chi connectivity index (χ0v) is 14.8. The summed E-state index contributed by atoms with van der Waals surface area (Å²) in [6.45, 7) is 2.02. The van der Waals surface area contributed by atoms with Gasteiger partial charge in [0.15, 0.2) is 0 Å². The van der Waals surface area contributed by atoms with Gasteiger partial charge < -0.3 is 9.84 Å². The number of rotatable bonds is 3. The minimum atomic E-state index is -3.64. The van der Waals surface area contributed by atoms with Crippen LogP contribution in [0.5, 0.6) is 0 Å². The second-order valence-corrected chi connectivity index (χ2v) is 8.27. The van der Waals surface area contributed by atoms with Gasteiger partial charge in [0.25, 0.3) is 0 Å². The summed E-state index contributed by atoms with van der Waals surface area (Å²) >= 11 is 6.56. The van der Waals surface area contributed by atoms with Gasteiger partial charge >= 0.3 is 0 Å². The van der Waals surface area contributed by atoms with E-state index in [1.807, 2.05) is 0 Å². The second-order valence-electron chi connectivity index (χ2n) is 4.64. The van der Waals surface area contributed by atoms with Crippen molar-refractivity contribution in [3.8, 4) is 0 Å². The first-order chi connectivity index (χ1) is 9.36. The fraction of sp³-hybridized carbons (Fsp3) is 0.500. The molecule has 1 saturated heterocycles. The molecule has 1 aliphatic rings. The van der Waals surface area contributed by atoms with Crippen molar-refractivity contribution in [3.63, 3.8) is 0 Å². The predicted molar refractivity (Wildman–Crippen MR) is 82.0 cm³/mol. The number of aliphatic hydroxyl groups is 1. The van der Waals surface area contributed by atoms with E-state index >= 15 is 0 Å². The van der Waals surface area contributed by atoms with Crippen LogP contribution in [0.25, 0.3) is 0 Å². The Morgan fingerprint density at radius 3 is 2.80 bits per heavy atom. The van der Waals surface area contributed by atoms with Gasteiger partial charge in [0.2, 0.25) is 10.0 Å². The third kappa shape index (κ3) is 3.26. The minimum Gasteiger partial charge on any atom is -0.394 e. The lowest BCUT2D eigenvalue weighted by molar-refractivity contribution is -0.0516. The van der Waals surface area contributed by atoms with Crippen LogP contribution < -0.4 is 0 Å². The first-order valence-electron chi connectivity index (χ1n) is 6.05. The van der Waals surface area contributed by atoms with Gasteiger partial charge in [-0.1, -0.05) is 15.9 Å². The minimum absolute atomic E-state index is 0.152. The largest absolute Gasteiger partial charge is 0.394 e. The van der Waals surface area contributed by atoms with Gasteiger partial charge in [-0.25, -0.2) is 8.42 Å². The molecule has 0 amide bonds. The Kier molecular flexibility index (Phi) is 5.25. The molecule has 0 spiro atoms. The molecule has 20 heavy (non-hydrogen) atoms. The molecule has 0 bridgehead atoms. The van der Waals surface area contributed by atoms with Crippen molar-refractivity contribution in [2.45, 2.75) is 24.0 Å². The molecule has 0 saturated carbocycles. The zero-order valence-electron chi connectivity index (χ0n) is 10.8. The summed E-state index contributed by atoms with van der Waals surface area (Å²) < 4.78 is 33.5. The predicted octanol–water partition coefficient (Wildman–Crippen LogP) is 1.98. The van der Waals surface area contributed by atoms with Gasteiger partial charge in [-0.15, -0.1) is 0 Å². The molecule has 112 valence electrons. The highest BCUT2D eigenvalue weighted by molar-refractivity contribution is 9.11. The molecule has 0 aliphatic carbocycles. The average molecular weight is 429 g/mol. The van der Waals surface area contributed by atoms with E-state index in [4.69, 9.17) is 9.84 Å². The molecule has 8 heteroatoms.